The number of hydrogen-bond donors (Lipinski definition) is 1. The molecule has 1 atom stereocenters. The van der Waals surface area contributed by atoms with Crippen LogP contribution < -0.4 is 5.32 Å². The molecule has 0 amide bonds. The third kappa shape index (κ3) is 3.97. The lowest BCUT2D eigenvalue weighted by Gasteiger charge is -2.36. The van der Waals surface area contributed by atoms with Gasteiger partial charge in [-0.25, -0.2) is 0 Å². The molecule has 124 valence electrons. The van der Waals surface area contributed by atoms with Crippen molar-refractivity contribution >= 4 is 44.1 Å². The fraction of sp³-hybridized carbons (Fsp3) is 0.471. The molecular weight excluding hydrogens is 376 g/mol. The third-order valence-corrected chi connectivity index (χ3v) is 5.26. The van der Waals surface area contributed by atoms with Crippen LogP contribution in [0.4, 0.5) is 5.69 Å². The van der Waals surface area contributed by atoms with Crippen LogP contribution in [0.5, 0.6) is 0 Å². The number of hydrogen-bond acceptors (Lipinski definition) is 4. The van der Waals surface area contributed by atoms with E-state index in [-0.39, 0.29) is 0 Å². The topological polar surface area (TPSA) is 31.4 Å². The number of piperazine rings is 1. The normalized spacial score (nSPS) is 18.3. The first-order chi connectivity index (χ1) is 11.0. The maximum absolute atomic E-state index is 6.30. The molecule has 1 saturated heterocycles. The summed E-state index contributed by atoms with van der Waals surface area (Å²) in [6, 6.07) is 6.46. The smallest absolute Gasteiger partial charge is 0.0909 e. The molecule has 1 fully saturated rings. The summed E-state index contributed by atoms with van der Waals surface area (Å²) >= 11 is 9.81. The molecular formula is C17H22BrClN4. The van der Waals surface area contributed by atoms with Gasteiger partial charge in [-0.05, 0) is 32.2 Å². The number of nitrogens with one attached hydrogen (secondary N) is 1. The van der Waals surface area contributed by atoms with Gasteiger partial charge in [0.15, 0.2) is 0 Å². The minimum atomic E-state index is 0.495. The van der Waals surface area contributed by atoms with Gasteiger partial charge in [0.25, 0.3) is 0 Å². The quantitative estimate of drug-likeness (QED) is 0.852. The first-order valence-electron chi connectivity index (χ1n) is 7.95. The van der Waals surface area contributed by atoms with Crippen molar-refractivity contribution in [2.45, 2.75) is 13.0 Å². The van der Waals surface area contributed by atoms with Crippen molar-refractivity contribution in [2.24, 2.45) is 0 Å². The van der Waals surface area contributed by atoms with E-state index in [1.54, 1.807) is 0 Å². The Hall–Kier alpha value is -0.880. The van der Waals surface area contributed by atoms with Gasteiger partial charge in [-0.2, -0.15) is 0 Å². The van der Waals surface area contributed by atoms with Gasteiger partial charge in [0.05, 0.1) is 10.5 Å². The second-order valence-electron chi connectivity index (χ2n) is 6.21. The SMILES string of the molecule is CC(CNc1ccnc2c(Cl)cc(Br)cc12)N1CCN(C)CC1. The monoisotopic (exact) mass is 396 g/mol. The summed E-state index contributed by atoms with van der Waals surface area (Å²) in [7, 11) is 2.19. The molecule has 0 aliphatic carbocycles. The van der Waals surface area contributed by atoms with Gasteiger partial charge >= 0.3 is 0 Å². The summed E-state index contributed by atoms with van der Waals surface area (Å²) in [5.74, 6) is 0. The molecule has 1 aliphatic heterocycles. The van der Waals surface area contributed by atoms with Crippen LogP contribution in [0.15, 0.2) is 28.9 Å². The first kappa shape index (κ1) is 17.0. The molecule has 2 aromatic rings. The minimum absolute atomic E-state index is 0.495. The van der Waals surface area contributed by atoms with E-state index in [2.05, 4.69) is 56.1 Å². The number of pyridine rings is 1. The Kier molecular flexibility index (Phi) is 5.42. The van der Waals surface area contributed by atoms with Gasteiger partial charge in [-0.1, -0.05) is 27.5 Å². The molecule has 1 N–H and O–H groups in total. The van der Waals surface area contributed by atoms with Gasteiger partial charge in [-0.15, -0.1) is 0 Å². The Bertz CT molecular complexity index is 686. The van der Waals surface area contributed by atoms with Crippen molar-refractivity contribution in [1.29, 1.82) is 0 Å². The van der Waals surface area contributed by atoms with Crippen molar-refractivity contribution in [2.75, 3.05) is 45.1 Å². The molecule has 1 unspecified atom stereocenters. The molecule has 23 heavy (non-hydrogen) atoms. The average Bonchev–Trinajstić information content (AvgIpc) is 2.53. The zero-order valence-electron chi connectivity index (χ0n) is 13.5. The number of likely N-dealkylation sites (N-methyl/N-ethyl adjacent to an activating group) is 1. The second kappa shape index (κ2) is 7.34. The van der Waals surface area contributed by atoms with Crippen molar-refractivity contribution in [3.8, 4) is 0 Å². The van der Waals surface area contributed by atoms with Gasteiger partial charge < -0.3 is 10.2 Å². The largest absolute Gasteiger partial charge is 0.383 e. The standard InChI is InChI=1S/C17H22BrClN4/c1-12(23-7-5-22(2)6-8-23)11-21-16-3-4-20-17-14(16)9-13(18)10-15(17)19/h3-4,9-10,12H,5-8,11H2,1-2H3,(H,20,21). The van der Waals surface area contributed by atoms with Crippen LogP contribution in [0.1, 0.15) is 6.92 Å². The lowest BCUT2D eigenvalue weighted by Crippen LogP contribution is -2.49. The predicted molar refractivity (Wildman–Crippen MR) is 101 cm³/mol. The summed E-state index contributed by atoms with van der Waals surface area (Å²) in [6.45, 7) is 7.75. The summed E-state index contributed by atoms with van der Waals surface area (Å²) in [5.41, 5.74) is 1.92. The van der Waals surface area contributed by atoms with Gasteiger partial charge in [0.1, 0.15) is 0 Å². The number of nitrogens with zero attached hydrogens (tertiary/aromatic N) is 3. The van der Waals surface area contributed by atoms with Crippen LogP contribution in [-0.2, 0) is 0 Å². The summed E-state index contributed by atoms with van der Waals surface area (Å²) in [5, 5.41) is 5.30. The summed E-state index contributed by atoms with van der Waals surface area (Å²) < 4.78 is 0.971. The number of aromatic nitrogens is 1. The minimum Gasteiger partial charge on any atom is -0.383 e. The van der Waals surface area contributed by atoms with Crippen molar-refractivity contribution in [3.63, 3.8) is 0 Å². The molecule has 0 bridgehead atoms. The maximum Gasteiger partial charge on any atom is 0.0909 e. The maximum atomic E-state index is 6.30. The summed E-state index contributed by atoms with van der Waals surface area (Å²) in [6.07, 6.45) is 1.81. The highest BCUT2D eigenvalue weighted by molar-refractivity contribution is 9.10. The van der Waals surface area contributed by atoms with E-state index in [0.717, 1.165) is 53.8 Å². The second-order valence-corrected chi connectivity index (χ2v) is 7.53. The fourth-order valence-electron chi connectivity index (χ4n) is 2.98. The number of benzene rings is 1. The van der Waals surface area contributed by atoms with E-state index in [1.165, 1.54) is 0 Å². The van der Waals surface area contributed by atoms with Crippen LogP contribution in [0.2, 0.25) is 5.02 Å². The molecule has 1 aliphatic rings. The Balaban J connectivity index is 1.72. The van der Waals surface area contributed by atoms with E-state index in [1.807, 2.05) is 18.3 Å². The van der Waals surface area contributed by atoms with E-state index in [9.17, 15) is 0 Å². The average molecular weight is 398 g/mol. The predicted octanol–water partition coefficient (Wildman–Crippen LogP) is 3.70. The molecule has 0 spiro atoms. The molecule has 6 heteroatoms. The molecule has 0 saturated carbocycles. The number of anilines is 1. The molecule has 3 rings (SSSR count). The highest BCUT2D eigenvalue weighted by Gasteiger charge is 2.19. The first-order valence-corrected chi connectivity index (χ1v) is 9.12. The zero-order valence-corrected chi connectivity index (χ0v) is 15.9. The van der Waals surface area contributed by atoms with Crippen molar-refractivity contribution in [3.05, 3.63) is 33.9 Å². The molecule has 1 aromatic heterocycles. The van der Waals surface area contributed by atoms with Gasteiger partial charge in [-0.3, -0.25) is 9.88 Å². The van der Waals surface area contributed by atoms with E-state index in [4.69, 9.17) is 11.6 Å². The number of rotatable bonds is 4. The highest BCUT2D eigenvalue weighted by atomic mass is 79.9. The Morgan fingerprint density at radius 3 is 2.78 bits per heavy atom. The Morgan fingerprint density at radius 2 is 2.04 bits per heavy atom. The van der Waals surface area contributed by atoms with Crippen molar-refractivity contribution < 1.29 is 0 Å². The molecule has 4 nitrogen and oxygen atoms in total. The van der Waals surface area contributed by atoms with Crippen LogP contribution in [0.25, 0.3) is 10.9 Å². The molecule has 1 aromatic carbocycles. The Labute approximate surface area is 150 Å². The fourth-order valence-corrected chi connectivity index (χ4v) is 3.84. The van der Waals surface area contributed by atoms with E-state index in [0.29, 0.717) is 11.1 Å². The molecule has 2 heterocycles. The van der Waals surface area contributed by atoms with E-state index >= 15 is 0 Å². The van der Waals surface area contributed by atoms with E-state index < -0.39 is 0 Å². The third-order valence-electron chi connectivity index (χ3n) is 4.51. The molecule has 0 radical (unpaired) electrons. The van der Waals surface area contributed by atoms with Crippen LogP contribution in [-0.4, -0.2) is 60.6 Å². The lowest BCUT2D eigenvalue weighted by molar-refractivity contribution is 0.123. The van der Waals surface area contributed by atoms with Crippen molar-refractivity contribution in [1.82, 2.24) is 14.8 Å². The highest BCUT2D eigenvalue weighted by Crippen LogP contribution is 2.31. The lowest BCUT2D eigenvalue weighted by atomic mass is 10.1. The summed E-state index contributed by atoms with van der Waals surface area (Å²) in [4.78, 5) is 9.32. The van der Waals surface area contributed by atoms with Gasteiger partial charge in [0, 0.05) is 60.5 Å². The van der Waals surface area contributed by atoms with Gasteiger partial charge in [0.2, 0.25) is 0 Å². The zero-order chi connectivity index (χ0) is 16.4. The Morgan fingerprint density at radius 1 is 1.30 bits per heavy atom. The van der Waals surface area contributed by atoms with Crippen LogP contribution in [0.3, 0.4) is 0 Å². The number of halogens is 2. The van der Waals surface area contributed by atoms with Crippen LogP contribution in [0, 0.1) is 0 Å². The number of fused-ring (bicyclic) bond motifs is 1. The van der Waals surface area contributed by atoms with Crippen LogP contribution >= 0.6 is 27.5 Å².